The third-order valence-electron chi connectivity index (χ3n) is 5.35. The maximum atomic E-state index is 13.1. The normalized spacial score (nSPS) is 10.8. The summed E-state index contributed by atoms with van der Waals surface area (Å²) < 4.78 is 5.56. The van der Waals surface area contributed by atoms with Gasteiger partial charge in [0.25, 0.3) is 5.91 Å². The van der Waals surface area contributed by atoms with Crippen LogP contribution in [0.3, 0.4) is 0 Å². The highest BCUT2D eigenvalue weighted by Gasteiger charge is 2.24. The predicted octanol–water partition coefficient (Wildman–Crippen LogP) is 4.91. The van der Waals surface area contributed by atoms with Crippen molar-refractivity contribution in [1.82, 2.24) is 10.1 Å². The summed E-state index contributed by atoms with van der Waals surface area (Å²) in [4.78, 5) is 29.3. The Morgan fingerprint density at radius 1 is 0.848 bits per heavy atom. The molecule has 3 N–H and O–H groups in total. The Bertz CT molecular complexity index is 1490. The van der Waals surface area contributed by atoms with Gasteiger partial charge in [0, 0.05) is 34.6 Å². The number of hydrogen-bond acceptors (Lipinski definition) is 5. The molecule has 0 fully saturated rings. The first-order valence-corrected chi connectivity index (χ1v) is 10.2. The van der Waals surface area contributed by atoms with E-state index < -0.39 is 5.91 Å². The zero-order valence-electron chi connectivity index (χ0n) is 17.4. The molecule has 33 heavy (non-hydrogen) atoms. The van der Waals surface area contributed by atoms with Crippen LogP contribution in [0.15, 0.2) is 95.8 Å². The fraction of sp³-hybridized carbons (Fsp3) is 0. The highest BCUT2D eigenvalue weighted by Crippen LogP contribution is 2.39. The first-order valence-electron chi connectivity index (χ1n) is 10.2. The van der Waals surface area contributed by atoms with Crippen LogP contribution in [0, 0.1) is 0 Å². The van der Waals surface area contributed by atoms with E-state index in [0.717, 1.165) is 10.8 Å². The quantitative estimate of drug-likeness (QED) is 0.408. The van der Waals surface area contributed by atoms with Crippen molar-refractivity contribution in [2.45, 2.75) is 0 Å². The summed E-state index contributed by atoms with van der Waals surface area (Å²) in [5.41, 5.74) is 8.51. The Hall–Kier alpha value is -4.78. The van der Waals surface area contributed by atoms with Gasteiger partial charge in [0.05, 0.1) is 5.56 Å². The van der Waals surface area contributed by atoms with E-state index in [1.807, 2.05) is 36.4 Å². The number of pyridine rings is 1. The number of hydrogen-bond donors (Lipinski definition) is 2. The van der Waals surface area contributed by atoms with E-state index in [2.05, 4.69) is 15.5 Å². The summed E-state index contributed by atoms with van der Waals surface area (Å²) in [5.74, 6) is -0.844. The molecule has 3 aromatic carbocycles. The van der Waals surface area contributed by atoms with Gasteiger partial charge in [0.1, 0.15) is 5.69 Å². The van der Waals surface area contributed by atoms with E-state index >= 15 is 0 Å². The molecule has 0 aliphatic carbocycles. The van der Waals surface area contributed by atoms with E-state index in [1.54, 1.807) is 54.9 Å². The average Bonchev–Trinajstić information content (AvgIpc) is 3.27. The van der Waals surface area contributed by atoms with E-state index in [1.165, 1.54) is 0 Å². The maximum Gasteiger partial charge on any atom is 0.258 e. The lowest BCUT2D eigenvalue weighted by atomic mass is 9.96. The third kappa shape index (κ3) is 3.83. The van der Waals surface area contributed by atoms with Gasteiger partial charge >= 0.3 is 0 Å². The number of carbonyl (C=O) groups is 2. The van der Waals surface area contributed by atoms with Crippen molar-refractivity contribution < 1.29 is 14.1 Å². The summed E-state index contributed by atoms with van der Waals surface area (Å²) in [5, 5.41) is 8.98. The molecule has 0 atom stereocenters. The molecule has 7 nitrogen and oxygen atoms in total. The Morgan fingerprint density at radius 3 is 2.36 bits per heavy atom. The largest absolute Gasteiger partial charge is 0.366 e. The summed E-state index contributed by atoms with van der Waals surface area (Å²) >= 11 is 0. The number of benzene rings is 3. The van der Waals surface area contributed by atoms with E-state index in [4.69, 9.17) is 10.3 Å². The van der Waals surface area contributed by atoms with Crippen LogP contribution in [-0.2, 0) is 0 Å². The number of primary amides is 1. The van der Waals surface area contributed by atoms with Gasteiger partial charge in [-0.05, 0) is 41.1 Å². The minimum atomic E-state index is -0.598. The van der Waals surface area contributed by atoms with Crippen molar-refractivity contribution in [3.8, 4) is 22.4 Å². The second-order valence-corrected chi connectivity index (χ2v) is 7.40. The molecule has 0 aliphatic heterocycles. The van der Waals surface area contributed by atoms with E-state index in [-0.39, 0.29) is 17.4 Å². The predicted molar refractivity (Wildman–Crippen MR) is 126 cm³/mol. The highest BCUT2D eigenvalue weighted by atomic mass is 16.5. The summed E-state index contributed by atoms with van der Waals surface area (Å²) in [7, 11) is 0. The molecule has 0 radical (unpaired) electrons. The summed E-state index contributed by atoms with van der Waals surface area (Å²) in [6, 6.07) is 23.6. The van der Waals surface area contributed by atoms with Crippen LogP contribution in [0.4, 0.5) is 5.88 Å². The van der Waals surface area contributed by atoms with Crippen molar-refractivity contribution >= 4 is 28.5 Å². The van der Waals surface area contributed by atoms with Gasteiger partial charge in [0.2, 0.25) is 11.8 Å². The van der Waals surface area contributed by atoms with Crippen molar-refractivity contribution in [1.29, 1.82) is 0 Å². The van der Waals surface area contributed by atoms with Crippen LogP contribution < -0.4 is 11.1 Å². The lowest BCUT2D eigenvalue weighted by Crippen LogP contribution is -2.14. The fourth-order valence-corrected chi connectivity index (χ4v) is 3.75. The first kappa shape index (κ1) is 20.1. The van der Waals surface area contributed by atoms with Crippen molar-refractivity contribution in [2.24, 2.45) is 5.73 Å². The number of carbonyl (C=O) groups excluding carboxylic acids is 2. The molecule has 0 spiro atoms. The van der Waals surface area contributed by atoms with Gasteiger partial charge in [0.15, 0.2) is 0 Å². The van der Waals surface area contributed by atoms with Crippen LogP contribution in [0.25, 0.3) is 33.2 Å². The van der Waals surface area contributed by atoms with Crippen molar-refractivity contribution in [3.63, 3.8) is 0 Å². The number of nitrogens with one attached hydrogen (secondary N) is 1. The molecular formula is C26H18N4O3. The molecule has 160 valence electrons. The number of fused-ring (bicyclic) bond motifs is 1. The Balaban J connectivity index is 1.61. The Labute approximate surface area is 188 Å². The molecule has 0 saturated carbocycles. The van der Waals surface area contributed by atoms with Crippen LogP contribution in [-0.4, -0.2) is 22.0 Å². The topological polar surface area (TPSA) is 111 Å². The number of rotatable bonds is 5. The van der Waals surface area contributed by atoms with Crippen molar-refractivity contribution in [3.05, 3.63) is 102 Å². The van der Waals surface area contributed by atoms with Gasteiger partial charge < -0.3 is 10.3 Å². The van der Waals surface area contributed by atoms with Gasteiger partial charge in [-0.3, -0.25) is 19.9 Å². The molecule has 2 heterocycles. The minimum Gasteiger partial charge on any atom is -0.366 e. The maximum absolute atomic E-state index is 13.1. The van der Waals surface area contributed by atoms with E-state index in [9.17, 15) is 9.59 Å². The number of anilines is 1. The molecule has 2 aromatic heterocycles. The molecule has 0 unspecified atom stereocenters. The standard InChI is InChI=1S/C26H18N4O3/c27-24(31)21-8-4-3-7-20(21)22-23(17-11-13-28-14-12-17)30-33-26(22)29-25(32)19-10-9-16-5-1-2-6-18(16)15-19/h1-15H,(H2,27,31)(H,29,32). The van der Waals surface area contributed by atoms with Crippen molar-refractivity contribution in [2.75, 3.05) is 5.32 Å². The molecule has 0 bridgehead atoms. The number of nitrogens with zero attached hydrogens (tertiary/aromatic N) is 2. The molecule has 5 aromatic rings. The number of aromatic nitrogens is 2. The summed E-state index contributed by atoms with van der Waals surface area (Å²) in [6.07, 6.45) is 3.25. The SMILES string of the molecule is NC(=O)c1ccccc1-c1c(-c2ccncc2)noc1NC(=O)c1ccc2ccccc2c1. The molecule has 0 aliphatic rings. The smallest absolute Gasteiger partial charge is 0.258 e. The van der Waals surface area contributed by atoms with Crippen LogP contribution in [0.2, 0.25) is 0 Å². The fourth-order valence-electron chi connectivity index (χ4n) is 3.75. The van der Waals surface area contributed by atoms with Gasteiger partial charge in [-0.2, -0.15) is 0 Å². The zero-order chi connectivity index (χ0) is 22.8. The van der Waals surface area contributed by atoms with Crippen LogP contribution in [0.1, 0.15) is 20.7 Å². The van der Waals surface area contributed by atoms with Gasteiger partial charge in [-0.25, -0.2) is 0 Å². The number of nitrogens with two attached hydrogens (primary N) is 1. The van der Waals surface area contributed by atoms with Gasteiger partial charge in [-0.1, -0.05) is 53.7 Å². The number of amides is 2. The Kier molecular flexibility index (Phi) is 5.12. The molecule has 2 amide bonds. The highest BCUT2D eigenvalue weighted by molar-refractivity contribution is 6.10. The molecule has 0 saturated heterocycles. The minimum absolute atomic E-state index is 0.119. The molecular weight excluding hydrogens is 416 g/mol. The second-order valence-electron chi connectivity index (χ2n) is 7.40. The third-order valence-corrected chi connectivity index (χ3v) is 5.35. The Morgan fingerprint density at radius 2 is 1.58 bits per heavy atom. The lowest BCUT2D eigenvalue weighted by Gasteiger charge is -2.10. The van der Waals surface area contributed by atoms with Crippen LogP contribution >= 0.6 is 0 Å². The summed E-state index contributed by atoms with van der Waals surface area (Å²) in [6.45, 7) is 0. The van der Waals surface area contributed by atoms with E-state index in [0.29, 0.717) is 27.9 Å². The monoisotopic (exact) mass is 434 g/mol. The average molecular weight is 434 g/mol. The zero-order valence-corrected chi connectivity index (χ0v) is 17.4. The second kappa shape index (κ2) is 8.39. The lowest BCUT2D eigenvalue weighted by molar-refractivity contribution is 0.0998. The molecule has 7 heteroatoms. The van der Waals surface area contributed by atoms with Crippen LogP contribution in [0.5, 0.6) is 0 Å². The molecule has 5 rings (SSSR count). The first-order chi connectivity index (χ1) is 16.1. The van der Waals surface area contributed by atoms with Gasteiger partial charge in [-0.15, -0.1) is 0 Å².